The summed E-state index contributed by atoms with van der Waals surface area (Å²) in [6.45, 7) is 3.59. The predicted octanol–water partition coefficient (Wildman–Crippen LogP) is 3.35. The molecule has 0 spiro atoms. The van der Waals surface area contributed by atoms with Crippen LogP contribution in [0.1, 0.15) is 48.0 Å². The van der Waals surface area contributed by atoms with E-state index in [1.165, 1.54) is 25.7 Å². The lowest BCUT2D eigenvalue weighted by Crippen LogP contribution is -2.44. The van der Waals surface area contributed by atoms with Crippen LogP contribution < -0.4 is 0 Å². The summed E-state index contributed by atoms with van der Waals surface area (Å²) in [4.78, 5) is 14.7. The van der Waals surface area contributed by atoms with Crippen molar-refractivity contribution in [1.82, 2.24) is 4.90 Å². The van der Waals surface area contributed by atoms with Gasteiger partial charge < -0.3 is 10.0 Å². The lowest BCUT2D eigenvalue weighted by molar-refractivity contribution is 0.0520. The number of aromatic hydroxyl groups is 1. The van der Waals surface area contributed by atoms with E-state index in [2.05, 4.69) is 0 Å². The number of hydrogen-bond donors (Lipinski definition) is 1. The first-order valence-electron chi connectivity index (χ1n) is 7.74. The molecule has 3 heteroatoms. The Morgan fingerprint density at radius 2 is 1.95 bits per heavy atom. The number of piperidine rings is 1. The molecule has 1 aromatic rings. The molecular formula is C17H23NO2. The average molecular weight is 273 g/mol. The number of nitrogens with zero attached hydrogens (tertiary/aromatic N) is 1. The Kier molecular flexibility index (Phi) is 3.68. The van der Waals surface area contributed by atoms with Gasteiger partial charge in [-0.15, -0.1) is 0 Å². The Hall–Kier alpha value is -1.51. The van der Waals surface area contributed by atoms with Gasteiger partial charge in [0.2, 0.25) is 0 Å². The zero-order chi connectivity index (χ0) is 14.1. The van der Waals surface area contributed by atoms with Crippen LogP contribution in [-0.2, 0) is 0 Å². The van der Waals surface area contributed by atoms with Crippen molar-refractivity contribution in [2.24, 2.45) is 11.8 Å². The van der Waals surface area contributed by atoms with Crippen molar-refractivity contribution in [2.75, 3.05) is 13.1 Å². The fourth-order valence-corrected chi connectivity index (χ4v) is 3.81. The van der Waals surface area contributed by atoms with E-state index in [1.807, 2.05) is 17.9 Å². The molecule has 20 heavy (non-hydrogen) atoms. The fraction of sp³-hybridized carbons (Fsp3) is 0.588. The third-order valence-electron chi connectivity index (χ3n) is 5.11. The van der Waals surface area contributed by atoms with Gasteiger partial charge in [-0.05, 0) is 43.7 Å². The minimum Gasteiger partial charge on any atom is -0.508 e. The summed E-state index contributed by atoms with van der Waals surface area (Å²) in [7, 11) is 0. The molecule has 1 saturated carbocycles. The van der Waals surface area contributed by atoms with Crippen LogP contribution in [0, 0.1) is 18.8 Å². The van der Waals surface area contributed by atoms with E-state index < -0.39 is 0 Å². The lowest BCUT2D eigenvalue weighted by atomic mass is 9.75. The molecular weight excluding hydrogens is 250 g/mol. The summed E-state index contributed by atoms with van der Waals surface area (Å²) < 4.78 is 0. The number of carbonyl (C=O) groups is 1. The predicted molar refractivity (Wildman–Crippen MR) is 78.8 cm³/mol. The SMILES string of the molecule is Cc1c(O)cccc1C(=O)N1CCC2CCCCC2C1. The van der Waals surface area contributed by atoms with Crippen molar-refractivity contribution in [3.05, 3.63) is 29.3 Å². The molecule has 1 N–H and O–H groups in total. The van der Waals surface area contributed by atoms with Gasteiger partial charge >= 0.3 is 0 Å². The van der Waals surface area contributed by atoms with Crippen LogP contribution >= 0.6 is 0 Å². The first kappa shape index (κ1) is 13.5. The van der Waals surface area contributed by atoms with Crippen molar-refractivity contribution in [3.8, 4) is 5.75 Å². The smallest absolute Gasteiger partial charge is 0.254 e. The Morgan fingerprint density at radius 3 is 2.75 bits per heavy atom. The number of carbonyl (C=O) groups excluding carboxylic acids is 1. The molecule has 1 aliphatic carbocycles. The van der Waals surface area contributed by atoms with E-state index in [0.717, 1.165) is 25.4 Å². The highest BCUT2D eigenvalue weighted by Crippen LogP contribution is 2.36. The van der Waals surface area contributed by atoms with Gasteiger partial charge in [0.25, 0.3) is 5.91 Å². The third kappa shape index (κ3) is 2.41. The molecule has 0 bridgehead atoms. The molecule has 2 fully saturated rings. The molecule has 1 aromatic carbocycles. The molecule has 3 nitrogen and oxygen atoms in total. The van der Waals surface area contributed by atoms with Crippen LogP contribution in [0.25, 0.3) is 0 Å². The maximum Gasteiger partial charge on any atom is 0.254 e. The monoisotopic (exact) mass is 273 g/mol. The average Bonchev–Trinajstić information content (AvgIpc) is 2.49. The van der Waals surface area contributed by atoms with Crippen molar-refractivity contribution in [3.63, 3.8) is 0 Å². The molecule has 1 saturated heterocycles. The van der Waals surface area contributed by atoms with Gasteiger partial charge in [0, 0.05) is 24.2 Å². The van der Waals surface area contributed by atoms with Crippen molar-refractivity contribution in [1.29, 1.82) is 0 Å². The van der Waals surface area contributed by atoms with Gasteiger partial charge in [0.15, 0.2) is 0 Å². The topological polar surface area (TPSA) is 40.5 Å². The number of amides is 1. The van der Waals surface area contributed by atoms with Gasteiger partial charge in [0.1, 0.15) is 5.75 Å². The number of benzene rings is 1. The largest absolute Gasteiger partial charge is 0.508 e. The standard InChI is InChI=1S/C17H23NO2/c1-12-15(7-4-8-16(12)19)17(20)18-10-9-13-5-2-3-6-14(13)11-18/h4,7-8,13-14,19H,2-3,5-6,9-11H2,1H3. The van der Waals surface area contributed by atoms with E-state index in [-0.39, 0.29) is 11.7 Å². The van der Waals surface area contributed by atoms with Crippen LogP contribution in [0.3, 0.4) is 0 Å². The molecule has 0 aromatic heterocycles. The van der Waals surface area contributed by atoms with E-state index in [4.69, 9.17) is 0 Å². The van der Waals surface area contributed by atoms with Gasteiger partial charge in [0.05, 0.1) is 0 Å². The maximum absolute atomic E-state index is 12.7. The molecule has 1 heterocycles. The van der Waals surface area contributed by atoms with Crippen LogP contribution in [0.5, 0.6) is 5.75 Å². The number of rotatable bonds is 1. The minimum atomic E-state index is 0.0856. The molecule has 3 rings (SSSR count). The second kappa shape index (κ2) is 5.47. The molecule has 108 valence electrons. The number of phenolic OH excluding ortho intramolecular Hbond substituents is 1. The first-order valence-corrected chi connectivity index (χ1v) is 7.74. The fourth-order valence-electron chi connectivity index (χ4n) is 3.81. The first-order chi connectivity index (χ1) is 9.66. The molecule has 2 atom stereocenters. The molecule has 1 aliphatic heterocycles. The molecule has 2 aliphatic rings. The van der Waals surface area contributed by atoms with Crippen molar-refractivity contribution in [2.45, 2.75) is 39.0 Å². The summed E-state index contributed by atoms with van der Waals surface area (Å²) in [5.41, 5.74) is 1.35. The highest BCUT2D eigenvalue weighted by Gasteiger charge is 2.33. The number of fused-ring (bicyclic) bond motifs is 1. The van der Waals surface area contributed by atoms with Crippen molar-refractivity contribution >= 4 is 5.91 Å². The van der Waals surface area contributed by atoms with Crippen molar-refractivity contribution < 1.29 is 9.90 Å². The van der Waals surface area contributed by atoms with Gasteiger partial charge in [-0.3, -0.25) is 4.79 Å². The normalized spacial score (nSPS) is 26.1. The van der Waals surface area contributed by atoms with Crippen LogP contribution in [0.15, 0.2) is 18.2 Å². The van der Waals surface area contributed by atoms with Gasteiger partial charge in [-0.1, -0.05) is 25.3 Å². The zero-order valence-electron chi connectivity index (χ0n) is 12.1. The Morgan fingerprint density at radius 1 is 1.20 bits per heavy atom. The summed E-state index contributed by atoms with van der Waals surface area (Å²) in [5, 5.41) is 9.76. The second-order valence-corrected chi connectivity index (χ2v) is 6.29. The van der Waals surface area contributed by atoms with E-state index >= 15 is 0 Å². The Bertz CT molecular complexity index is 512. The van der Waals surface area contributed by atoms with Gasteiger partial charge in [-0.2, -0.15) is 0 Å². The van der Waals surface area contributed by atoms with E-state index in [1.54, 1.807) is 12.1 Å². The van der Waals surface area contributed by atoms with Crippen LogP contribution in [-0.4, -0.2) is 29.0 Å². The zero-order valence-corrected chi connectivity index (χ0v) is 12.1. The van der Waals surface area contributed by atoms with Crippen LogP contribution in [0.4, 0.5) is 0 Å². The highest BCUT2D eigenvalue weighted by atomic mass is 16.3. The maximum atomic E-state index is 12.7. The minimum absolute atomic E-state index is 0.0856. The summed E-state index contributed by atoms with van der Waals surface area (Å²) >= 11 is 0. The lowest BCUT2D eigenvalue weighted by Gasteiger charge is -2.41. The Labute approximate surface area is 120 Å². The molecule has 1 amide bonds. The quantitative estimate of drug-likeness (QED) is 0.852. The molecule has 0 radical (unpaired) electrons. The van der Waals surface area contributed by atoms with E-state index in [9.17, 15) is 9.90 Å². The number of phenols is 1. The number of hydrogen-bond acceptors (Lipinski definition) is 2. The Balaban J connectivity index is 1.76. The van der Waals surface area contributed by atoms with Gasteiger partial charge in [-0.25, -0.2) is 0 Å². The van der Waals surface area contributed by atoms with Crippen LogP contribution in [0.2, 0.25) is 0 Å². The molecule has 2 unspecified atom stereocenters. The second-order valence-electron chi connectivity index (χ2n) is 6.29. The summed E-state index contributed by atoms with van der Waals surface area (Å²) in [5.74, 6) is 1.82. The highest BCUT2D eigenvalue weighted by molar-refractivity contribution is 5.96. The summed E-state index contributed by atoms with van der Waals surface area (Å²) in [6.07, 6.45) is 6.44. The number of likely N-dealkylation sites (tertiary alicyclic amines) is 1. The summed E-state index contributed by atoms with van der Waals surface area (Å²) in [6, 6.07) is 5.22. The third-order valence-corrected chi connectivity index (χ3v) is 5.11. The van der Waals surface area contributed by atoms with E-state index in [0.29, 0.717) is 17.0 Å².